The predicted molar refractivity (Wildman–Crippen MR) is 115 cm³/mol. The molecule has 0 radical (unpaired) electrons. The van der Waals surface area contributed by atoms with Gasteiger partial charge in [-0.15, -0.1) is 5.10 Å². The summed E-state index contributed by atoms with van der Waals surface area (Å²) in [5, 5.41) is 8.67. The van der Waals surface area contributed by atoms with Gasteiger partial charge in [0.25, 0.3) is 5.56 Å². The highest BCUT2D eigenvalue weighted by molar-refractivity contribution is 7.20. The number of nitrogens with one attached hydrogen (secondary N) is 1. The standard InChI is InChI=1S/C21H28N4O2S/c1-5-11-27-18-10-8-7-9-16(18)17(12-14(3)4)23-20-24-25-19(26)13-15(6-2)22-21(25)28-20/h7-10,13-14,17H,5-6,11-12H2,1-4H3,(H,23,24). The summed E-state index contributed by atoms with van der Waals surface area (Å²) in [5.41, 5.74) is 1.76. The highest BCUT2D eigenvalue weighted by atomic mass is 32.1. The van der Waals surface area contributed by atoms with E-state index in [0.29, 0.717) is 22.6 Å². The number of hydrogen-bond donors (Lipinski definition) is 1. The molecule has 150 valence electrons. The van der Waals surface area contributed by atoms with E-state index < -0.39 is 0 Å². The first-order chi connectivity index (χ1) is 13.5. The molecule has 6 nitrogen and oxygen atoms in total. The van der Waals surface area contributed by atoms with Crippen LogP contribution in [0.5, 0.6) is 5.75 Å². The third kappa shape index (κ3) is 4.70. The van der Waals surface area contributed by atoms with Crippen molar-refractivity contribution in [2.45, 2.75) is 53.0 Å². The molecule has 3 rings (SSSR count). The monoisotopic (exact) mass is 400 g/mol. The highest BCUT2D eigenvalue weighted by Crippen LogP contribution is 2.33. The van der Waals surface area contributed by atoms with Gasteiger partial charge >= 0.3 is 0 Å². The maximum Gasteiger partial charge on any atom is 0.275 e. The first-order valence-corrected chi connectivity index (χ1v) is 10.7. The zero-order valence-electron chi connectivity index (χ0n) is 16.9. The van der Waals surface area contributed by atoms with Crippen LogP contribution in [-0.4, -0.2) is 21.2 Å². The molecule has 0 aliphatic rings. The van der Waals surface area contributed by atoms with E-state index in [9.17, 15) is 4.79 Å². The number of nitrogens with zero attached hydrogens (tertiary/aromatic N) is 3. The Kier molecular flexibility index (Phi) is 6.67. The van der Waals surface area contributed by atoms with Crippen LogP contribution in [0, 0.1) is 5.92 Å². The lowest BCUT2D eigenvalue weighted by Crippen LogP contribution is -2.17. The number of ether oxygens (including phenoxy) is 1. The molecule has 1 unspecified atom stereocenters. The van der Waals surface area contributed by atoms with Gasteiger partial charge in [0.1, 0.15) is 5.75 Å². The van der Waals surface area contributed by atoms with Gasteiger partial charge in [0.15, 0.2) is 0 Å². The number of benzene rings is 1. The van der Waals surface area contributed by atoms with Crippen LogP contribution >= 0.6 is 11.3 Å². The number of hydrogen-bond acceptors (Lipinski definition) is 6. The van der Waals surface area contributed by atoms with Crippen molar-refractivity contribution < 1.29 is 4.74 Å². The van der Waals surface area contributed by atoms with E-state index in [0.717, 1.165) is 36.3 Å². The zero-order chi connectivity index (χ0) is 20.1. The molecule has 0 saturated carbocycles. The summed E-state index contributed by atoms with van der Waals surface area (Å²) in [6.07, 6.45) is 2.61. The number of fused-ring (bicyclic) bond motifs is 1. The molecule has 0 aliphatic carbocycles. The second-order valence-electron chi connectivity index (χ2n) is 7.25. The molecule has 0 saturated heterocycles. The molecule has 0 bridgehead atoms. The number of para-hydroxylation sites is 1. The lowest BCUT2D eigenvalue weighted by Gasteiger charge is -2.23. The van der Waals surface area contributed by atoms with Crippen LogP contribution in [0.15, 0.2) is 35.1 Å². The number of aromatic nitrogens is 3. The van der Waals surface area contributed by atoms with Crippen LogP contribution in [0.2, 0.25) is 0 Å². The smallest absolute Gasteiger partial charge is 0.275 e. The Hall–Kier alpha value is -2.41. The molecular weight excluding hydrogens is 372 g/mol. The molecule has 0 spiro atoms. The van der Waals surface area contributed by atoms with Gasteiger partial charge in [0.2, 0.25) is 10.1 Å². The average molecular weight is 401 g/mol. The summed E-state index contributed by atoms with van der Waals surface area (Å²) in [6.45, 7) is 9.17. The first-order valence-electron chi connectivity index (χ1n) is 9.89. The minimum absolute atomic E-state index is 0.0370. The minimum Gasteiger partial charge on any atom is -0.493 e. The third-order valence-corrected chi connectivity index (χ3v) is 5.26. The van der Waals surface area contributed by atoms with E-state index >= 15 is 0 Å². The molecule has 28 heavy (non-hydrogen) atoms. The lowest BCUT2D eigenvalue weighted by atomic mass is 9.96. The van der Waals surface area contributed by atoms with Gasteiger partial charge in [-0.05, 0) is 31.2 Å². The van der Waals surface area contributed by atoms with Crippen molar-refractivity contribution >= 4 is 21.4 Å². The third-order valence-electron chi connectivity index (χ3n) is 4.42. The van der Waals surface area contributed by atoms with Crippen molar-refractivity contribution in [3.8, 4) is 5.75 Å². The number of aryl methyl sites for hydroxylation is 1. The van der Waals surface area contributed by atoms with Crippen molar-refractivity contribution in [3.05, 3.63) is 51.9 Å². The Morgan fingerprint density at radius 1 is 1.25 bits per heavy atom. The largest absolute Gasteiger partial charge is 0.493 e. The summed E-state index contributed by atoms with van der Waals surface area (Å²) >= 11 is 1.40. The second-order valence-corrected chi connectivity index (χ2v) is 8.21. The van der Waals surface area contributed by atoms with Gasteiger partial charge in [0, 0.05) is 17.3 Å². The lowest BCUT2D eigenvalue weighted by molar-refractivity contribution is 0.311. The molecule has 3 aromatic rings. The van der Waals surface area contributed by atoms with Crippen LogP contribution < -0.4 is 15.6 Å². The van der Waals surface area contributed by atoms with Crippen LogP contribution in [0.4, 0.5) is 5.13 Å². The molecule has 2 heterocycles. The second kappa shape index (κ2) is 9.19. The average Bonchev–Trinajstić information content (AvgIpc) is 3.08. The molecule has 7 heteroatoms. The Balaban J connectivity index is 1.95. The molecule has 1 N–H and O–H groups in total. The van der Waals surface area contributed by atoms with Crippen molar-refractivity contribution in [1.82, 2.24) is 14.6 Å². The van der Waals surface area contributed by atoms with Gasteiger partial charge in [-0.1, -0.05) is 57.2 Å². The van der Waals surface area contributed by atoms with E-state index in [1.807, 2.05) is 25.1 Å². The maximum atomic E-state index is 12.3. The summed E-state index contributed by atoms with van der Waals surface area (Å²) in [7, 11) is 0. The van der Waals surface area contributed by atoms with E-state index in [4.69, 9.17) is 4.74 Å². The fourth-order valence-electron chi connectivity index (χ4n) is 3.09. The summed E-state index contributed by atoms with van der Waals surface area (Å²) in [5.74, 6) is 1.38. The normalized spacial score (nSPS) is 12.5. The van der Waals surface area contributed by atoms with Gasteiger partial charge < -0.3 is 10.1 Å². The van der Waals surface area contributed by atoms with E-state index in [-0.39, 0.29) is 11.6 Å². The summed E-state index contributed by atoms with van der Waals surface area (Å²) < 4.78 is 7.34. The first kappa shape index (κ1) is 20.3. The Bertz CT molecular complexity index is 980. The van der Waals surface area contributed by atoms with Crippen molar-refractivity contribution in [3.63, 3.8) is 0 Å². The SMILES string of the molecule is CCCOc1ccccc1C(CC(C)C)Nc1nn2c(=O)cc(CC)nc2s1. The summed E-state index contributed by atoms with van der Waals surface area (Å²) in [4.78, 5) is 17.4. The fourth-order valence-corrected chi connectivity index (χ4v) is 3.97. The van der Waals surface area contributed by atoms with E-state index in [1.165, 1.54) is 15.9 Å². The molecular formula is C21H28N4O2S. The van der Waals surface area contributed by atoms with E-state index in [1.54, 1.807) is 6.07 Å². The molecule has 0 aliphatic heterocycles. The van der Waals surface area contributed by atoms with Gasteiger partial charge in [-0.25, -0.2) is 4.98 Å². The van der Waals surface area contributed by atoms with E-state index in [2.05, 4.69) is 42.2 Å². The summed E-state index contributed by atoms with van der Waals surface area (Å²) in [6, 6.07) is 9.72. The molecule has 1 atom stereocenters. The Morgan fingerprint density at radius 2 is 2.04 bits per heavy atom. The minimum atomic E-state index is -0.141. The highest BCUT2D eigenvalue weighted by Gasteiger charge is 2.20. The molecule has 1 aromatic carbocycles. The Labute approximate surface area is 169 Å². The van der Waals surface area contributed by atoms with Crippen LogP contribution in [0.3, 0.4) is 0 Å². The molecule has 0 fully saturated rings. The Morgan fingerprint density at radius 3 is 2.75 bits per heavy atom. The van der Waals surface area contributed by atoms with Gasteiger partial charge in [0.05, 0.1) is 12.6 Å². The van der Waals surface area contributed by atoms with Gasteiger partial charge in [-0.3, -0.25) is 4.79 Å². The molecule has 2 aromatic heterocycles. The quantitative estimate of drug-likeness (QED) is 0.564. The van der Waals surface area contributed by atoms with Crippen molar-refractivity contribution in [2.75, 3.05) is 11.9 Å². The van der Waals surface area contributed by atoms with Crippen molar-refractivity contribution in [2.24, 2.45) is 5.92 Å². The predicted octanol–water partition coefficient (Wildman–Crippen LogP) is 4.70. The number of anilines is 1. The topological polar surface area (TPSA) is 68.5 Å². The van der Waals surface area contributed by atoms with Gasteiger partial charge in [-0.2, -0.15) is 4.52 Å². The van der Waals surface area contributed by atoms with Crippen molar-refractivity contribution in [1.29, 1.82) is 0 Å². The number of rotatable bonds is 9. The molecule has 0 amide bonds. The maximum absolute atomic E-state index is 12.3. The van der Waals surface area contributed by atoms with Crippen LogP contribution in [-0.2, 0) is 6.42 Å². The van der Waals surface area contributed by atoms with Crippen LogP contribution in [0.25, 0.3) is 4.96 Å². The zero-order valence-corrected chi connectivity index (χ0v) is 17.8. The van der Waals surface area contributed by atoms with Crippen LogP contribution in [0.1, 0.15) is 57.8 Å². The fraction of sp³-hybridized carbons (Fsp3) is 0.476.